The van der Waals surface area contributed by atoms with E-state index >= 15 is 0 Å². The molecule has 4 rings (SSSR count). The van der Waals surface area contributed by atoms with E-state index in [1.54, 1.807) is 41.3 Å². The molecule has 0 spiro atoms. The number of carbonyl (C=O) groups is 1. The normalized spacial score (nSPS) is 14.6. The van der Waals surface area contributed by atoms with Crippen LogP contribution >= 0.6 is 0 Å². The van der Waals surface area contributed by atoms with Gasteiger partial charge in [-0.25, -0.2) is 21.6 Å². The molecule has 1 N–H and O–H groups in total. The first-order chi connectivity index (χ1) is 15.7. The van der Waals surface area contributed by atoms with Crippen molar-refractivity contribution < 1.29 is 21.6 Å². The van der Waals surface area contributed by atoms with Crippen molar-refractivity contribution in [3.8, 4) is 0 Å². The van der Waals surface area contributed by atoms with Gasteiger partial charge >= 0.3 is 0 Å². The van der Waals surface area contributed by atoms with Crippen molar-refractivity contribution in [2.75, 3.05) is 18.0 Å². The molecule has 0 fully saturated rings. The first kappa shape index (κ1) is 23.1. The van der Waals surface area contributed by atoms with Gasteiger partial charge in [0.25, 0.3) is 0 Å². The number of fused-ring (bicyclic) bond motifs is 1. The Labute approximate surface area is 193 Å². The van der Waals surface area contributed by atoms with Crippen LogP contribution in [0.5, 0.6) is 0 Å². The molecular weight excluding hydrogens is 462 g/mol. The zero-order chi connectivity index (χ0) is 23.6. The molecule has 2 heterocycles. The highest BCUT2D eigenvalue weighted by Gasteiger charge is 2.31. The summed E-state index contributed by atoms with van der Waals surface area (Å²) in [5.41, 5.74) is 1.84. The summed E-state index contributed by atoms with van der Waals surface area (Å²) >= 11 is 0. The number of anilines is 1. The van der Waals surface area contributed by atoms with Crippen LogP contribution in [0.25, 0.3) is 0 Å². The van der Waals surface area contributed by atoms with Gasteiger partial charge < -0.3 is 4.90 Å². The Hall–Kier alpha value is -3.08. The van der Waals surface area contributed by atoms with Gasteiger partial charge in [0.1, 0.15) is 5.25 Å². The van der Waals surface area contributed by atoms with Crippen molar-refractivity contribution in [1.29, 1.82) is 0 Å². The minimum atomic E-state index is -4.00. The van der Waals surface area contributed by atoms with Crippen molar-refractivity contribution >= 4 is 31.5 Å². The Morgan fingerprint density at radius 1 is 1.03 bits per heavy atom. The molecule has 1 aromatic heterocycles. The van der Waals surface area contributed by atoms with E-state index in [4.69, 9.17) is 0 Å². The average Bonchev–Trinajstić information content (AvgIpc) is 3.24. The number of sulfonamides is 1. The van der Waals surface area contributed by atoms with Crippen LogP contribution in [0, 0.1) is 0 Å². The second-order valence-corrected chi connectivity index (χ2v) is 11.6. The van der Waals surface area contributed by atoms with E-state index in [-0.39, 0.29) is 22.2 Å². The molecule has 0 saturated carbocycles. The number of rotatable bonds is 7. The highest BCUT2D eigenvalue weighted by Crippen LogP contribution is 2.31. The minimum Gasteiger partial charge on any atom is -0.312 e. The molecule has 1 aliphatic rings. The fourth-order valence-electron chi connectivity index (χ4n) is 3.89. The predicted octanol–water partition coefficient (Wildman–Crippen LogP) is 2.48. The van der Waals surface area contributed by atoms with Crippen LogP contribution in [0.15, 0.2) is 82.8 Å². The summed E-state index contributed by atoms with van der Waals surface area (Å²) in [6.45, 7) is 1.61. The predicted molar refractivity (Wildman–Crippen MR) is 124 cm³/mol. The Morgan fingerprint density at radius 3 is 2.45 bits per heavy atom. The van der Waals surface area contributed by atoms with Crippen LogP contribution in [-0.4, -0.2) is 40.8 Å². The van der Waals surface area contributed by atoms with Crippen LogP contribution in [0.3, 0.4) is 0 Å². The molecule has 10 heteroatoms. The fourth-order valence-corrected chi connectivity index (χ4v) is 6.76. The molecule has 1 amide bonds. The number of carbonyl (C=O) groups excluding carboxylic acids is 1. The van der Waals surface area contributed by atoms with E-state index in [0.29, 0.717) is 24.2 Å². The SMILES string of the molecule is CC(=O)N1CCc2cc(S(=O)(=O)NC[C@@H](c3cccnc3)S(=O)(=O)c3ccccc3)ccc21. The number of pyridine rings is 1. The summed E-state index contributed by atoms with van der Waals surface area (Å²) in [6, 6.07) is 15.7. The monoisotopic (exact) mass is 485 g/mol. The van der Waals surface area contributed by atoms with E-state index in [1.165, 1.54) is 43.6 Å². The zero-order valence-electron chi connectivity index (χ0n) is 17.9. The number of sulfone groups is 1. The molecular formula is C23H23N3O5S2. The van der Waals surface area contributed by atoms with Crippen LogP contribution in [0.2, 0.25) is 0 Å². The Bertz CT molecular complexity index is 1380. The van der Waals surface area contributed by atoms with E-state index in [2.05, 4.69) is 9.71 Å². The molecule has 1 atom stereocenters. The van der Waals surface area contributed by atoms with Crippen molar-refractivity contribution in [2.24, 2.45) is 0 Å². The van der Waals surface area contributed by atoms with Gasteiger partial charge in [-0.3, -0.25) is 9.78 Å². The fraction of sp³-hybridized carbons (Fsp3) is 0.217. The van der Waals surface area contributed by atoms with Gasteiger partial charge in [-0.05, 0) is 53.9 Å². The lowest BCUT2D eigenvalue weighted by Crippen LogP contribution is -2.32. The molecule has 8 nitrogen and oxygen atoms in total. The number of hydrogen-bond acceptors (Lipinski definition) is 6. The lowest BCUT2D eigenvalue weighted by atomic mass is 10.2. The smallest absolute Gasteiger partial charge is 0.240 e. The number of nitrogens with zero attached hydrogens (tertiary/aromatic N) is 2. The second-order valence-electron chi connectivity index (χ2n) is 7.70. The van der Waals surface area contributed by atoms with Crippen LogP contribution < -0.4 is 9.62 Å². The molecule has 2 aromatic carbocycles. The quantitative estimate of drug-likeness (QED) is 0.550. The standard InChI is InChI=1S/C23H23N3O5S2/c1-17(27)26-13-11-18-14-21(9-10-22(18)26)33(30,31)25-16-23(19-6-5-12-24-15-19)32(28,29)20-7-3-2-4-8-20/h2-10,12,14-15,23,25H,11,13,16H2,1H3/t23-/m0/s1. The van der Waals surface area contributed by atoms with Crippen LogP contribution in [0.4, 0.5) is 5.69 Å². The highest BCUT2D eigenvalue weighted by atomic mass is 32.2. The van der Waals surface area contributed by atoms with Gasteiger partial charge in [0.15, 0.2) is 9.84 Å². The zero-order valence-corrected chi connectivity index (χ0v) is 19.5. The molecule has 0 aliphatic carbocycles. The van der Waals surface area contributed by atoms with Crippen molar-refractivity contribution in [3.05, 3.63) is 84.2 Å². The van der Waals surface area contributed by atoms with Crippen molar-refractivity contribution in [2.45, 2.75) is 28.4 Å². The first-order valence-corrected chi connectivity index (χ1v) is 13.3. The van der Waals surface area contributed by atoms with Crippen molar-refractivity contribution in [3.63, 3.8) is 0 Å². The largest absolute Gasteiger partial charge is 0.312 e. The van der Waals surface area contributed by atoms with E-state index in [9.17, 15) is 21.6 Å². The van der Waals surface area contributed by atoms with Crippen LogP contribution in [-0.2, 0) is 31.1 Å². The highest BCUT2D eigenvalue weighted by molar-refractivity contribution is 7.92. The molecule has 0 bridgehead atoms. The summed E-state index contributed by atoms with van der Waals surface area (Å²) in [6.07, 6.45) is 3.50. The summed E-state index contributed by atoms with van der Waals surface area (Å²) in [5, 5.41) is -1.16. The van der Waals surface area contributed by atoms with Gasteiger partial charge in [-0.15, -0.1) is 0 Å². The van der Waals surface area contributed by atoms with Crippen LogP contribution in [0.1, 0.15) is 23.3 Å². The van der Waals surface area contributed by atoms with Gasteiger partial charge in [-0.2, -0.15) is 0 Å². The molecule has 33 heavy (non-hydrogen) atoms. The lowest BCUT2D eigenvalue weighted by Gasteiger charge is -2.19. The molecule has 172 valence electrons. The average molecular weight is 486 g/mol. The van der Waals surface area contributed by atoms with Gasteiger partial charge in [0, 0.05) is 38.1 Å². The number of aromatic nitrogens is 1. The third kappa shape index (κ3) is 4.68. The summed E-state index contributed by atoms with van der Waals surface area (Å²) in [5.74, 6) is -0.104. The summed E-state index contributed by atoms with van der Waals surface area (Å²) in [4.78, 5) is 17.5. The maximum Gasteiger partial charge on any atom is 0.240 e. The topological polar surface area (TPSA) is 114 Å². The maximum atomic E-state index is 13.3. The van der Waals surface area contributed by atoms with E-state index in [0.717, 1.165) is 5.56 Å². The number of amides is 1. The summed E-state index contributed by atoms with van der Waals surface area (Å²) in [7, 11) is -7.90. The number of hydrogen-bond donors (Lipinski definition) is 1. The summed E-state index contributed by atoms with van der Waals surface area (Å²) < 4.78 is 55.2. The van der Waals surface area contributed by atoms with Gasteiger partial charge in [-0.1, -0.05) is 24.3 Å². The lowest BCUT2D eigenvalue weighted by molar-refractivity contribution is -0.116. The van der Waals surface area contributed by atoms with Gasteiger partial charge in [0.05, 0.1) is 9.79 Å². The molecule has 0 unspecified atom stereocenters. The van der Waals surface area contributed by atoms with E-state index < -0.39 is 25.1 Å². The molecule has 1 aliphatic heterocycles. The molecule has 0 radical (unpaired) electrons. The number of nitrogens with one attached hydrogen (secondary N) is 1. The third-order valence-electron chi connectivity index (χ3n) is 5.60. The van der Waals surface area contributed by atoms with Crippen molar-refractivity contribution in [1.82, 2.24) is 9.71 Å². The van der Waals surface area contributed by atoms with E-state index in [1.807, 2.05) is 0 Å². The Kier molecular flexibility index (Phi) is 6.33. The molecule has 3 aromatic rings. The third-order valence-corrected chi connectivity index (χ3v) is 9.14. The first-order valence-electron chi connectivity index (χ1n) is 10.3. The van der Waals surface area contributed by atoms with Gasteiger partial charge in [0.2, 0.25) is 15.9 Å². The minimum absolute atomic E-state index is 0.0219. The Morgan fingerprint density at radius 2 is 1.79 bits per heavy atom. The second kappa shape index (κ2) is 9.05. The maximum absolute atomic E-state index is 13.3. The molecule has 0 saturated heterocycles. The Balaban J connectivity index is 1.63. The number of benzene rings is 2.